The fraction of sp³-hybridized carbons (Fsp3) is 0.333. The zero-order valence-electron chi connectivity index (χ0n) is 23.0. The number of hydrogen-bond donors (Lipinski definition) is 5. The molecule has 2 aromatic heterocycles. The maximum atomic E-state index is 12.7. The summed E-state index contributed by atoms with van der Waals surface area (Å²) >= 11 is 0. The summed E-state index contributed by atoms with van der Waals surface area (Å²) in [5.41, 5.74) is 3.34. The molecular weight excluding hydrogens is 538 g/mol. The van der Waals surface area contributed by atoms with Gasteiger partial charge in [-0.25, -0.2) is 9.64 Å². The fourth-order valence-corrected chi connectivity index (χ4v) is 4.43. The average molecular weight is 570 g/mol. The largest absolute Gasteiger partial charge is 0.467 e. The van der Waals surface area contributed by atoms with E-state index in [-0.39, 0.29) is 24.4 Å². The summed E-state index contributed by atoms with van der Waals surface area (Å²) in [6.45, 7) is 12.2. The van der Waals surface area contributed by atoms with Gasteiger partial charge < -0.3 is 26.0 Å². The normalized spacial score (nSPS) is 14.0. The van der Waals surface area contributed by atoms with Crippen molar-refractivity contribution < 1.29 is 9.53 Å². The molecule has 15 nitrogen and oxygen atoms in total. The molecule has 0 radical (unpaired) electrons. The Labute approximate surface area is 242 Å². The van der Waals surface area contributed by atoms with E-state index >= 15 is 0 Å². The van der Waals surface area contributed by atoms with Crippen LogP contribution in [-0.4, -0.2) is 85.8 Å². The van der Waals surface area contributed by atoms with E-state index in [0.29, 0.717) is 17.9 Å². The van der Waals surface area contributed by atoms with E-state index in [2.05, 4.69) is 78.7 Å². The Hall–Kier alpha value is -5.20. The lowest BCUT2D eigenvalue weighted by Gasteiger charge is -2.27. The molecule has 1 atom stereocenters. The number of carbonyl (C=O) groups is 1. The van der Waals surface area contributed by atoms with Crippen molar-refractivity contribution in [3.05, 3.63) is 76.9 Å². The van der Waals surface area contributed by atoms with Crippen LogP contribution in [0.4, 0.5) is 29.2 Å². The van der Waals surface area contributed by atoms with E-state index in [1.54, 1.807) is 24.3 Å². The van der Waals surface area contributed by atoms with Gasteiger partial charge in [-0.3, -0.25) is 4.90 Å². The third-order valence-electron chi connectivity index (χ3n) is 6.52. The maximum Gasteiger partial charge on any atom is 0.328 e. The minimum Gasteiger partial charge on any atom is -0.467 e. The molecule has 1 fully saturated rings. The highest BCUT2D eigenvalue weighted by Crippen LogP contribution is 2.20. The molecule has 5 N–H and O–H groups in total. The molecular formula is C27H31N13O2. The van der Waals surface area contributed by atoms with Crippen molar-refractivity contribution in [1.82, 2.24) is 45.8 Å². The van der Waals surface area contributed by atoms with Crippen LogP contribution in [0, 0.1) is 6.57 Å². The molecule has 15 heteroatoms. The summed E-state index contributed by atoms with van der Waals surface area (Å²) in [6, 6.07) is 14.3. The van der Waals surface area contributed by atoms with Crippen molar-refractivity contribution in [2.75, 3.05) is 49.2 Å². The predicted octanol–water partition coefficient (Wildman–Crippen LogP) is 1.89. The molecule has 5 rings (SSSR count). The number of rotatable bonds is 12. The van der Waals surface area contributed by atoms with E-state index in [1.165, 1.54) is 12.7 Å². The third-order valence-corrected chi connectivity index (χ3v) is 6.52. The summed E-state index contributed by atoms with van der Waals surface area (Å²) in [7, 11) is 1.32. The Kier molecular flexibility index (Phi) is 9.39. The number of aromatic amines is 1. The number of tetrazole rings is 1. The number of H-pyrrole nitrogens is 1. The summed E-state index contributed by atoms with van der Waals surface area (Å²) in [5, 5.41) is 26.7. The first-order chi connectivity index (χ1) is 20.6. The number of benzene rings is 2. The van der Waals surface area contributed by atoms with Gasteiger partial charge in [0, 0.05) is 44.8 Å². The van der Waals surface area contributed by atoms with Gasteiger partial charge in [-0.05, 0) is 23.3 Å². The quantitative estimate of drug-likeness (QED) is 0.124. The lowest BCUT2D eigenvalue weighted by Crippen LogP contribution is -2.42. The first-order valence-corrected chi connectivity index (χ1v) is 13.4. The monoisotopic (exact) mass is 569 g/mol. The van der Waals surface area contributed by atoms with Crippen LogP contribution in [0.5, 0.6) is 0 Å². The molecule has 1 aliphatic rings. The standard InChI is InChI=1S/C27H31N13O2/c1-28-20-8-6-18(7-9-20)15-22(24(41)42-2)32-27-34-25(30-16-23-36-38-39-37-23)33-26(35-27)31-21-5-3-4-19(14-21)17-40-12-10-29-11-13-40/h3-9,14,22,29H,10-13,15-17H2,2H3,(H,36,37,38,39)(H3,30,31,32,33,34,35)/t22-/m0/s1. The number of anilines is 4. The van der Waals surface area contributed by atoms with Crippen molar-refractivity contribution >= 4 is 35.2 Å². The highest BCUT2D eigenvalue weighted by molar-refractivity contribution is 5.79. The number of ether oxygens (including phenoxy) is 1. The molecule has 3 heterocycles. The number of piperazine rings is 1. The molecule has 0 spiro atoms. The van der Waals surface area contributed by atoms with Crippen LogP contribution in [0.25, 0.3) is 4.85 Å². The van der Waals surface area contributed by atoms with Gasteiger partial charge >= 0.3 is 5.97 Å². The van der Waals surface area contributed by atoms with Gasteiger partial charge in [-0.1, -0.05) is 41.6 Å². The van der Waals surface area contributed by atoms with Gasteiger partial charge in [0.1, 0.15) is 6.04 Å². The molecule has 4 aromatic rings. The van der Waals surface area contributed by atoms with Crippen LogP contribution in [0.15, 0.2) is 48.5 Å². The van der Waals surface area contributed by atoms with E-state index in [0.717, 1.165) is 44.0 Å². The van der Waals surface area contributed by atoms with E-state index in [9.17, 15) is 4.79 Å². The van der Waals surface area contributed by atoms with Gasteiger partial charge in [0.05, 0.1) is 20.2 Å². The molecule has 0 unspecified atom stereocenters. The SMILES string of the molecule is [C-]#[N+]c1ccc(C[C@H](Nc2nc(NCc3nn[nH]n3)nc(Nc3cccc(CN4CCNCC4)c3)n2)C(=O)OC)cc1. The van der Waals surface area contributed by atoms with Crippen molar-refractivity contribution in [3.8, 4) is 0 Å². The van der Waals surface area contributed by atoms with Crippen LogP contribution in [0.1, 0.15) is 17.0 Å². The number of aromatic nitrogens is 7. The molecule has 1 saturated heterocycles. The zero-order valence-corrected chi connectivity index (χ0v) is 23.0. The highest BCUT2D eigenvalue weighted by Gasteiger charge is 2.22. The van der Waals surface area contributed by atoms with Crippen molar-refractivity contribution in [1.29, 1.82) is 0 Å². The van der Waals surface area contributed by atoms with Crippen LogP contribution in [0.2, 0.25) is 0 Å². The molecule has 0 aliphatic carbocycles. The molecule has 0 bridgehead atoms. The van der Waals surface area contributed by atoms with Gasteiger partial charge in [-0.15, -0.1) is 10.2 Å². The summed E-state index contributed by atoms with van der Waals surface area (Å²) in [6.07, 6.45) is 0.291. The van der Waals surface area contributed by atoms with Crippen molar-refractivity contribution in [2.45, 2.75) is 25.6 Å². The number of nitrogens with zero attached hydrogens (tertiary/aromatic N) is 8. The lowest BCUT2D eigenvalue weighted by atomic mass is 10.1. The second kappa shape index (κ2) is 13.9. The van der Waals surface area contributed by atoms with Crippen LogP contribution in [0.3, 0.4) is 0 Å². The summed E-state index contributed by atoms with van der Waals surface area (Å²) in [5.74, 6) is 0.610. The minimum atomic E-state index is -0.795. The number of esters is 1. The second-order valence-corrected chi connectivity index (χ2v) is 9.54. The zero-order chi connectivity index (χ0) is 29.1. The third kappa shape index (κ3) is 7.93. The summed E-state index contributed by atoms with van der Waals surface area (Å²) in [4.78, 5) is 32.1. The van der Waals surface area contributed by atoms with Crippen LogP contribution in [-0.2, 0) is 29.0 Å². The molecule has 1 aliphatic heterocycles. The molecule has 0 saturated carbocycles. The highest BCUT2D eigenvalue weighted by atomic mass is 16.5. The van der Waals surface area contributed by atoms with E-state index < -0.39 is 12.0 Å². The smallest absolute Gasteiger partial charge is 0.328 e. The molecule has 0 amide bonds. The fourth-order valence-electron chi connectivity index (χ4n) is 4.43. The Balaban J connectivity index is 1.37. The average Bonchev–Trinajstić information content (AvgIpc) is 3.54. The maximum absolute atomic E-state index is 12.7. The predicted molar refractivity (Wildman–Crippen MR) is 155 cm³/mol. The minimum absolute atomic E-state index is 0.160. The van der Waals surface area contributed by atoms with E-state index in [4.69, 9.17) is 11.3 Å². The first-order valence-electron chi connectivity index (χ1n) is 13.4. The molecule has 2 aromatic carbocycles. The number of methoxy groups -OCH3 is 1. The Morgan fingerprint density at radius 3 is 2.60 bits per heavy atom. The lowest BCUT2D eigenvalue weighted by molar-refractivity contribution is -0.141. The van der Waals surface area contributed by atoms with Gasteiger partial charge in [-0.2, -0.15) is 20.2 Å². The Morgan fingerprint density at radius 2 is 1.86 bits per heavy atom. The van der Waals surface area contributed by atoms with Gasteiger partial charge in [0.2, 0.25) is 17.8 Å². The van der Waals surface area contributed by atoms with E-state index in [1.807, 2.05) is 12.1 Å². The van der Waals surface area contributed by atoms with Crippen molar-refractivity contribution in [2.24, 2.45) is 0 Å². The van der Waals surface area contributed by atoms with Gasteiger partial charge in [0.15, 0.2) is 11.5 Å². The first kappa shape index (κ1) is 28.3. The van der Waals surface area contributed by atoms with Crippen LogP contribution >= 0.6 is 0 Å². The van der Waals surface area contributed by atoms with Gasteiger partial charge in [0.25, 0.3) is 0 Å². The number of carbonyl (C=O) groups excluding carboxylic acids is 1. The number of hydrogen-bond acceptors (Lipinski definition) is 13. The molecule has 42 heavy (non-hydrogen) atoms. The topological polar surface area (TPSA) is 175 Å². The number of nitrogens with one attached hydrogen (secondary N) is 5. The van der Waals surface area contributed by atoms with Crippen LogP contribution < -0.4 is 21.3 Å². The second-order valence-electron chi connectivity index (χ2n) is 9.54. The Morgan fingerprint density at radius 1 is 1.07 bits per heavy atom. The molecule has 216 valence electrons. The Bertz CT molecular complexity index is 1500. The van der Waals surface area contributed by atoms with Crippen molar-refractivity contribution in [3.63, 3.8) is 0 Å². The summed E-state index contributed by atoms with van der Waals surface area (Å²) < 4.78 is 5.04.